The van der Waals surface area contributed by atoms with E-state index in [1.807, 2.05) is 6.92 Å². The number of allylic oxidation sites excluding steroid dienone is 1. The summed E-state index contributed by atoms with van der Waals surface area (Å²) < 4.78 is 0. The maximum atomic E-state index is 10.5. The van der Waals surface area contributed by atoms with Crippen LogP contribution in [-0.4, -0.2) is 10.7 Å². The van der Waals surface area contributed by atoms with Gasteiger partial charge in [0.05, 0.1) is 5.60 Å². The molecule has 3 saturated carbocycles. The summed E-state index contributed by atoms with van der Waals surface area (Å²) in [6.07, 6.45) is 14.2. The van der Waals surface area contributed by atoms with Gasteiger partial charge in [-0.3, -0.25) is 0 Å². The molecule has 0 bridgehead atoms. The van der Waals surface area contributed by atoms with Crippen LogP contribution < -0.4 is 0 Å². The van der Waals surface area contributed by atoms with E-state index in [9.17, 15) is 5.11 Å². The molecule has 7 atom stereocenters. The quantitative estimate of drug-likeness (QED) is 0.613. The van der Waals surface area contributed by atoms with Crippen LogP contribution in [0.25, 0.3) is 0 Å². The lowest BCUT2D eigenvalue weighted by Crippen LogP contribution is -2.51. The summed E-state index contributed by atoms with van der Waals surface area (Å²) in [5, 5.41) is 10.5. The van der Waals surface area contributed by atoms with Gasteiger partial charge in [-0.1, -0.05) is 38.8 Å². The SMILES string of the molecule is CCC1CC[C@H]2[C@@H]3CC=C4C[C@@](C)(O)CC[C@]4(C)[C@H]3CC[C@]12C. The third kappa shape index (κ3) is 2.21. The molecular weight excluding hydrogens is 280 g/mol. The van der Waals surface area contributed by atoms with Gasteiger partial charge in [0.2, 0.25) is 0 Å². The highest BCUT2D eigenvalue weighted by atomic mass is 16.3. The van der Waals surface area contributed by atoms with Gasteiger partial charge in [-0.2, -0.15) is 0 Å². The fourth-order valence-corrected chi connectivity index (χ4v) is 7.58. The molecule has 0 heterocycles. The number of aliphatic hydroxyl groups is 1. The minimum absolute atomic E-state index is 0.386. The molecule has 1 nitrogen and oxygen atoms in total. The van der Waals surface area contributed by atoms with Gasteiger partial charge in [0.25, 0.3) is 0 Å². The van der Waals surface area contributed by atoms with E-state index in [1.54, 1.807) is 5.57 Å². The van der Waals surface area contributed by atoms with Crippen LogP contribution in [0.4, 0.5) is 0 Å². The van der Waals surface area contributed by atoms with E-state index < -0.39 is 5.60 Å². The zero-order valence-electron chi connectivity index (χ0n) is 15.7. The Balaban J connectivity index is 1.65. The second-order valence-corrected chi connectivity index (χ2v) is 10.2. The van der Waals surface area contributed by atoms with E-state index >= 15 is 0 Å². The second kappa shape index (κ2) is 5.10. The molecule has 0 saturated heterocycles. The Bertz CT molecular complexity index is 518. The largest absolute Gasteiger partial charge is 0.390 e. The summed E-state index contributed by atoms with van der Waals surface area (Å²) in [6, 6.07) is 0. The zero-order chi connectivity index (χ0) is 16.5. The van der Waals surface area contributed by atoms with Crippen LogP contribution in [0.2, 0.25) is 0 Å². The predicted molar refractivity (Wildman–Crippen MR) is 96.1 cm³/mol. The average Bonchev–Trinajstić information content (AvgIpc) is 2.84. The van der Waals surface area contributed by atoms with Crippen LogP contribution in [0, 0.1) is 34.5 Å². The number of fused-ring (bicyclic) bond motifs is 5. The van der Waals surface area contributed by atoms with E-state index in [2.05, 4.69) is 26.8 Å². The summed E-state index contributed by atoms with van der Waals surface area (Å²) >= 11 is 0. The van der Waals surface area contributed by atoms with E-state index in [0.717, 1.165) is 36.5 Å². The van der Waals surface area contributed by atoms with Crippen LogP contribution in [0.3, 0.4) is 0 Å². The van der Waals surface area contributed by atoms with Crippen molar-refractivity contribution in [2.24, 2.45) is 34.5 Å². The van der Waals surface area contributed by atoms with Gasteiger partial charge in [-0.25, -0.2) is 0 Å². The fourth-order valence-electron chi connectivity index (χ4n) is 7.58. The highest BCUT2D eigenvalue weighted by molar-refractivity contribution is 5.26. The first-order valence-corrected chi connectivity index (χ1v) is 10.2. The van der Waals surface area contributed by atoms with Crippen molar-refractivity contribution < 1.29 is 5.11 Å². The van der Waals surface area contributed by atoms with Gasteiger partial charge >= 0.3 is 0 Å². The molecular formula is C22H36O. The fraction of sp³-hybridized carbons (Fsp3) is 0.909. The van der Waals surface area contributed by atoms with E-state index in [0.29, 0.717) is 10.8 Å². The van der Waals surface area contributed by atoms with Crippen molar-refractivity contribution in [3.8, 4) is 0 Å². The Morgan fingerprint density at radius 3 is 2.57 bits per heavy atom. The minimum Gasteiger partial charge on any atom is -0.390 e. The molecule has 1 heteroatoms. The van der Waals surface area contributed by atoms with Crippen molar-refractivity contribution in [3.05, 3.63) is 11.6 Å². The lowest BCUT2D eigenvalue weighted by molar-refractivity contribution is -0.0655. The standard InChI is InChI=1S/C22H36O/c1-5-15-7-9-18-17-8-6-16-14-20(2,23)12-13-22(16,4)19(17)10-11-21(15,18)3/h6,15,17-19,23H,5,7-14H2,1-4H3/t15?,17-,18-,19-,20-,21+,22-/m0/s1. The van der Waals surface area contributed by atoms with Crippen molar-refractivity contribution in [1.29, 1.82) is 0 Å². The van der Waals surface area contributed by atoms with Crippen LogP contribution >= 0.6 is 0 Å². The monoisotopic (exact) mass is 316 g/mol. The molecule has 0 spiro atoms. The zero-order valence-corrected chi connectivity index (χ0v) is 15.7. The smallest absolute Gasteiger partial charge is 0.0657 e. The topological polar surface area (TPSA) is 20.2 Å². The summed E-state index contributed by atoms with van der Waals surface area (Å²) in [5.41, 5.74) is 2.15. The van der Waals surface area contributed by atoms with Gasteiger partial charge in [-0.15, -0.1) is 0 Å². The normalized spacial score (nSPS) is 55.6. The Labute approximate surface area is 142 Å². The predicted octanol–water partition coefficient (Wildman–Crippen LogP) is 5.73. The first-order chi connectivity index (χ1) is 10.8. The molecule has 1 N–H and O–H groups in total. The van der Waals surface area contributed by atoms with Gasteiger partial charge < -0.3 is 5.11 Å². The molecule has 130 valence electrons. The molecule has 23 heavy (non-hydrogen) atoms. The number of rotatable bonds is 1. The number of hydrogen-bond donors (Lipinski definition) is 1. The lowest BCUT2D eigenvalue weighted by atomic mass is 9.46. The van der Waals surface area contributed by atoms with Gasteiger partial charge in [0, 0.05) is 0 Å². The summed E-state index contributed by atoms with van der Waals surface area (Å²) in [4.78, 5) is 0. The molecule has 4 aliphatic carbocycles. The highest BCUT2D eigenvalue weighted by Gasteiger charge is 2.58. The second-order valence-electron chi connectivity index (χ2n) is 10.2. The molecule has 3 fully saturated rings. The first-order valence-electron chi connectivity index (χ1n) is 10.2. The Morgan fingerprint density at radius 1 is 1.04 bits per heavy atom. The van der Waals surface area contributed by atoms with Crippen molar-refractivity contribution in [3.63, 3.8) is 0 Å². The molecule has 4 rings (SSSR count). The summed E-state index contributed by atoms with van der Waals surface area (Å²) in [5.74, 6) is 3.73. The third-order valence-corrected chi connectivity index (χ3v) is 9.07. The molecule has 0 aromatic carbocycles. The van der Waals surface area contributed by atoms with Gasteiger partial charge in [-0.05, 0) is 92.8 Å². The van der Waals surface area contributed by atoms with Crippen LogP contribution in [-0.2, 0) is 0 Å². The molecule has 0 radical (unpaired) electrons. The maximum Gasteiger partial charge on any atom is 0.0657 e. The van der Waals surface area contributed by atoms with Crippen LogP contribution in [0.1, 0.15) is 85.5 Å². The van der Waals surface area contributed by atoms with Crippen LogP contribution in [0.15, 0.2) is 11.6 Å². The molecule has 0 aliphatic heterocycles. The number of hydrogen-bond acceptors (Lipinski definition) is 1. The van der Waals surface area contributed by atoms with Gasteiger partial charge in [0.1, 0.15) is 0 Å². The van der Waals surface area contributed by atoms with Crippen molar-refractivity contribution in [1.82, 2.24) is 0 Å². The van der Waals surface area contributed by atoms with Crippen LogP contribution in [0.5, 0.6) is 0 Å². The van der Waals surface area contributed by atoms with Crippen molar-refractivity contribution in [2.45, 2.75) is 91.1 Å². The van der Waals surface area contributed by atoms with E-state index in [1.165, 1.54) is 44.9 Å². The maximum absolute atomic E-state index is 10.5. The molecule has 1 unspecified atom stereocenters. The Kier molecular flexibility index (Phi) is 3.59. The Morgan fingerprint density at radius 2 is 1.83 bits per heavy atom. The van der Waals surface area contributed by atoms with E-state index in [-0.39, 0.29) is 0 Å². The molecule has 0 aromatic rings. The highest BCUT2D eigenvalue weighted by Crippen LogP contribution is 2.67. The molecule has 0 amide bonds. The van der Waals surface area contributed by atoms with E-state index in [4.69, 9.17) is 0 Å². The summed E-state index contributed by atoms with van der Waals surface area (Å²) in [7, 11) is 0. The van der Waals surface area contributed by atoms with Crippen molar-refractivity contribution >= 4 is 0 Å². The third-order valence-electron chi connectivity index (χ3n) is 9.07. The lowest BCUT2D eigenvalue weighted by Gasteiger charge is -2.59. The summed E-state index contributed by atoms with van der Waals surface area (Å²) in [6.45, 7) is 9.62. The average molecular weight is 317 g/mol. The molecule has 0 aromatic heterocycles. The van der Waals surface area contributed by atoms with Gasteiger partial charge in [0.15, 0.2) is 0 Å². The Hall–Kier alpha value is -0.300. The first kappa shape index (κ1) is 16.2. The molecule has 4 aliphatic rings. The van der Waals surface area contributed by atoms with Crippen molar-refractivity contribution in [2.75, 3.05) is 0 Å². The minimum atomic E-state index is -0.456.